The number of aryl methyl sites for hydroxylation is 1. The molecule has 0 radical (unpaired) electrons. The summed E-state index contributed by atoms with van der Waals surface area (Å²) in [4.78, 5) is 21.7. The number of aliphatic carboxylic acids is 1. The van der Waals surface area contributed by atoms with Crippen LogP contribution >= 0.6 is 11.3 Å². The van der Waals surface area contributed by atoms with Gasteiger partial charge in [-0.2, -0.15) is 0 Å². The number of anilines is 1. The number of carbonyl (C=O) groups is 1. The molecule has 0 spiro atoms. The van der Waals surface area contributed by atoms with Crippen LogP contribution in [0.4, 0.5) is 5.82 Å². The maximum absolute atomic E-state index is 10.8. The van der Waals surface area contributed by atoms with E-state index in [0.717, 1.165) is 35.5 Å². The molecular formula is C13H15N3O2S. The molecule has 0 amide bonds. The molecule has 3 rings (SSSR count). The number of carboxylic acid groups (broad SMARTS) is 1. The Bertz CT molecular complexity index is 625. The molecule has 3 heterocycles. The predicted octanol–water partition coefficient (Wildman–Crippen LogP) is 2.30. The Hall–Kier alpha value is -1.69. The number of nitrogens with zero attached hydrogens (tertiary/aromatic N) is 3. The van der Waals surface area contributed by atoms with Crippen LogP contribution in [0, 0.1) is 12.8 Å². The Balaban J connectivity index is 1.87. The summed E-state index contributed by atoms with van der Waals surface area (Å²) in [6.07, 6.45) is 2.76. The number of fused-ring (bicyclic) bond motifs is 1. The highest BCUT2D eigenvalue weighted by Gasteiger charge is 2.27. The lowest BCUT2D eigenvalue weighted by molar-refractivity contribution is -0.137. The van der Waals surface area contributed by atoms with Crippen LogP contribution in [0.25, 0.3) is 10.2 Å². The molecule has 2 aromatic rings. The van der Waals surface area contributed by atoms with E-state index in [2.05, 4.69) is 20.2 Å². The monoisotopic (exact) mass is 277 g/mol. The summed E-state index contributed by atoms with van der Waals surface area (Å²) in [6, 6.07) is 0. The van der Waals surface area contributed by atoms with E-state index >= 15 is 0 Å². The minimum atomic E-state index is -0.716. The topological polar surface area (TPSA) is 66.3 Å². The van der Waals surface area contributed by atoms with Gasteiger partial charge in [-0.3, -0.25) is 4.79 Å². The number of aromatic nitrogens is 2. The molecule has 0 saturated carbocycles. The lowest BCUT2D eigenvalue weighted by Crippen LogP contribution is -2.21. The van der Waals surface area contributed by atoms with E-state index in [1.807, 2.05) is 6.92 Å². The Morgan fingerprint density at radius 1 is 1.58 bits per heavy atom. The average Bonchev–Trinajstić information content (AvgIpc) is 2.96. The normalized spacial score (nSPS) is 19.2. The van der Waals surface area contributed by atoms with Gasteiger partial charge in [-0.05, 0) is 30.2 Å². The lowest BCUT2D eigenvalue weighted by atomic mass is 10.1. The number of thiophene rings is 1. The SMILES string of the molecule is Cc1csc2c(N3CCC(CC(=O)O)C3)ncnc12. The van der Waals surface area contributed by atoms with Gasteiger partial charge >= 0.3 is 5.97 Å². The van der Waals surface area contributed by atoms with Crippen molar-refractivity contribution in [3.63, 3.8) is 0 Å². The van der Waals surface area contributed by atoms with Gasteiger partial charge in [-0.25, -0.2) is 9.97 Å². The van der Waals surface area contributed by atoms with E-state index in [9.17, 15) is 4.79 Å². The highest BCUT2D eigenvalue weighted by molar-refractivity contribution is 7.18. The first-order valence-electron chi connectivity index (χ1n) is 6.30. The standard InChI is InChI=1S/C13H15N3O2S/c1-8-6-19-12-11(8)14-7-15-13(12)16-3-2-9(5-16)4-10(17)18/h6-7,9H,2-5H2,1H3,(H,17,18). The van der Waals surface area contributed by atoms with Crippen molar-refractivity contribution in [1.29, 1.82) is 0 Å². The minimum Gasteiger partial charge on any atom is -0.481 e. The third kappa shape index (κ3) is 2.28. The molecular weight excluding hydrogens is 262 g/mol. The molecule has 100 valence electrons. The summed E-state index contributed by atoms with van der Waals surface area (Å²) in [5.74, 6) is 0.464. The van der Waals surface area contributed by atoms with Crippen LogP contribution in [0.1, 0.15) is 18.4 Å². The van der Waals surface area contributed by atoms with Crippen molar-refractivity contribution in [3.8, 4) is 0 Å². The van der Waals surface area contributed by atoms with Crippen LogP contribution in [0.15, 0.2) is 11.7 Å². The third-order valence-corrected chi connectivity index (χ3v) is 4.64. The van der Waals surface area contributed by atoms with E-state index < -0.39 is 5.97 Å². The van der Waals surface area contributed by atoms with Crippen molar-refractivity contribution in [3.05, 3.63) is 17.3 Å². The molecule has 0 aromatic carbocycles. The van der Waals surface area contributed by atoms with Crippen LogP contribution in [0.2, 0.25) is 0 Å². The molecule has 1 aliphatic rings. The second-order valence-electron chi connectivity index (χ2n) is 4.99. The Kier molecular flexibility index (Phi) is 3.10. The molecule has 1 aliphatic heterocycles. The van der Waals surface area contributed by atoms with Gasteiger partial charge in [-0.1, -0.05) is 0 Å². The number of hydrogen-bond donors (Lipinski definition) is 1. The molecule has 2 aromatic heterocycles. The third-order valence-electron chi connectivity index (χ3n) is 3.56. The zero-order valence-corrected chi connectivity index (χ0v) is 11.5. The van der Waals surface area contributed by atoms with E-state index in [1.54, 1.807) is 17.7 Å². The lowest BCUT2D eigenvalue weighted by Gasteiger charge is -2.17. The fraction of sp³-hybridized carbons (Fsp3) is 0.462. The van der Waals surface area contributed by atoms with E-state index in [-0.39, 0.29) is 12.3 Å². The first-order chi connectivity index (χ1) is 9.15. The maximum Gasteiger partial charge on any atom is 0.303 e. The van der Waals surface area contributed by atoms with Gasteiger partial charge in [0.05, 0.1) is 10.2 Å². The molecule has 1 atom stereocenters. The smallest absolute Gasteiger partial charge is 0.303 e. The molecule has 19 heavy (non-hydrogen) atoms. The van der Waals surface area contributed by atoms with Gasteiger partial charge in [0.15, 0.2) is 0 Å². The molecule has 5 nitrogen and oxygen atoms in total. The van der Waals surface area contributed by atoms with E-state index in [1.165, 1.54) is 5.56 Å². The number of carboxylic acids is 1. The molecule has 1 saturated heterocycles. The van der Waals surface area contributed by atoms with Crippen molar-refractivity contribution in [2.45, 2.75) is 19.8 Å². The molecule has 0 aliphatic carbocycles. The Labute approximate surface area is 114 Å². The number of rotatable bonds is 3. The molecule has 1 N–H and O–H groups in total. The fourth-order valence-corrected chi connectivity index (χ4v) is 3.64. The molecule has 6 heteroatoms. The van der Waals surface area contributed by atoms with Crippen LogP contribution < -0.4 is 4.90 Å². The second-order valence-corrected chi connectivity index (χ2v) is 5.87. The highest BCUT2D eigenvalue weighted by Crippen LogP contribution is 2.33. The summed E-state index contributed by atoms with van der Waals surface area (Å²) < 4.78 is 1.11. The fourth-order valence-electron chi connectivity index (χ4n) is 2.62. The van der Waals surface area contributed by atoms with Crippen LogP contribution in [-0.4, -0.2) is 34.1 Å². The van der Waals surface area contributed by atoms with Crippen molar-refractivity contribution >= 4 is 33.3 Å². The zero-order valence-electron chi connectivity index (χ0n) is 10.7. The first kappa shape index (κ1) is 12.3. The summed E-state index contributed by atoms with van der Waals surface area (Å²) in [6.45, 7) is 3.70. The largest absolute Gasteiger partial charge is 0.481 e. The maximum atomic E-state index is 10.8. The van der Waals surface area contributed by atoms with E-state index in [4.69, 9.17) is 5.11 Å². The summed E-state index contributed by atoms with van der Waals surface area (Å²) >= 11 is 1.66. The average molecular weight is 277 g/mol. The van der Waals surface area contributed by atoms with Crippen LogP contribution in [0.3, 0.4) is 0 Å². The van der Waals surface area contributed by atoms with Crippen molar-refractivity contribution in [2.75, 3.05) is 18.0 Å². The summed E-state index contributed by atoms with van der Waals surface area (Å²) in [5, 5.41) is 11.0. The second kappa shape index (κ2) is 4.77. The van der Waals surface area contributed by atoms with E-state index in [0.29, 0.717) is 0 Å². The highest BCUT2D eigenvalue weighted by atomic mass is 32.1. The van der Waals surface area contributed by atoms with Crippen LogP contribution in [0.5, 0.6) is 0 Å². The minimum absolute atomic E-state index is 0.226. The van der Waals surface area contributed by atoms with Gasteiger partial charge < -0.3 is 10.0 Å². The summed E-state index contributed by atoms with van der Waals surface area (Å²) in [7, 11) is 0. The first-order valence-corrected chi connectivity index (χ1v) is 7.18. The Morgan fingerprint density at radius 2 is 2.42 bits per heavy atom. The summed E-state index contributed by atoms with van der Waals surface area (Å²) in [5.41, 5.74) is 2.18. The Morgan fingerprint density at radius 3 is 3.21 bits per heavy atom. The molecule has 1 unspecified atom stereocenters. The van der Waals surface area contributed by atoms with Crippen molar-refractivity contribution in [2.24, 2.45) is 5.92 Å². The van der Waals surface area contributed by atoms with Gasteiger partial charge in [0.2, 0.25) is 0 Å². The van der Waals surface area contributed by atoms with Gasteiger partial charge in [0, 0.05) is 19.5 Å². The van der Waals surface area contributed by atoms with Gasteiger partial charge in [0.25, 0.3) is 0 Å². The van der Waals surface area contributed by atoms with Gasteiger partial charge in [0.1, 0.15) is 12.1 Å². The van der Waals surface area contributed by atoms with Crippen LogP contribution in [-0.2, 0) is 4.79 Å². The molecule has 0 bridgehead atoms. The predicted molar refractivity (Wildman–Crippen MR) is 74.7 cm³/mol. The van der Waals surface area contributed by atoms with Crippen molar-refractivity contribution in [1.82, 2.24) is 9.97 Å². The number of hydrogen-bond acceptors (Lipinski definition) is 5. The zero-order chi connectivity index (χ0) is 13.4. The quantitative estimate of drug-likeness (QED) is 0.932. The van der Waals surface area contributed by atoms with Crippen molar-refractivity contribution < 1.29 is 9.90 Å². The molecule has 1 fully saturated rings. The van der Waals surface area contributed by atoms with Gasteiger partial charge in [-0.15, -0.1) is 11.3 Å².